The number of carbonyl (C=O) groups is 1. The van der Waals surface area contributed by atoms with E-state index in [1.165, 1.54) is 3.97 Å². The molecule has 1 aliphatic carbocycles. The summed E-state index contributed by atoms with van der Waals surface area (Å²) in [5.74, 6) is -0.0765. The Labute approximate surface area is 217 Å². The number of aromatic nitrogens is 1. The van der Waals surface area contributed by atoms with Crippen LogP contribution in [0.25, 0.3) is 10.9 Å². The molecule has 1 saturated heterocycles. The van der Waals surface area contributed by atoms with Crippen molar-refractivity contribution in [1.29, 1.82) is 0 Å². The Hall–Kier alpha value is -2.33. The predicted octanol–water partition coefficient (Wildman–Crippen LogP) is 4.25. The number of halogens is 1. The number of nitrogens with zero attached hydrogens (tertiary/aromatic N) is 1. The molecule has 5 rings (SSSR count). The quantitative estimate of drug-likeness (QED) is 0.484. The monoisotopic (exact) mass is 528 g/mol. The van der Waals surface area contributed by atoms with Gasteiger partial charge in [-0.05, 0) is 70.9 Å². The van der Waals surface area contributed by atoms with E-state index in [2.05, 4.69) is 5.32 Å². The maximum atomic E-state index is 13.9. The summed E-state index contributed by atoms with van der Waals surface area (Å²) >= 11 is 6.67. The minimum Gasteiger partial charge on any atom is -0.399 e. The average molecular weight is 529 g/mol. The van der Waals surface area contributed by atoms with Crippen molar-refractivity contribution in [2.45, 2.75) is 70.1 Å². The first-order valence-corrected chi connectivity index (χ1v) is 13.9. The average Bonchev–Trinajstić information content (AvgIpc) is 3.39. The van der Waals surface area contributed by atoms with Crippen molar-refractivity contribution in [3.8, 4) is 0 Å². The lowest BCUT2D eigenvalue weighted by Gasteiger charge is -2.32. The predicted molar refractivity (Wildman–Crippen MR) is 141 cm³/mol. The normalized spacial score (nSPS) is 20.0. The third kappa shape index (κ3) is 4.16. The number of hydrogen-bond donors (Lipinski definition) is 1. The molecule has 3 aromatic rings. The van der Waals surface area contributed by atoms with Gasteiger partial charge in [0.15, 0.2) is 0 Å². The van der Waals surface area contributed by atoms with Crippen molar-refractivity contribution in [2.75, 3.05) is 0 Å². The topological polar surface area (TPSA) is 86.6 Å². The van der Waals surface area contributed by atoms with Gasteiger partial charge in [-0.1, -0.05) is 36.7 Å². The van der Waals surface area contributed by atoms with Gasteiger partial charge in [-0.15, -0.1) is 0 Å². The largest absolute Gasteiger partial charge is 0.496 e. The van der Waals surface area contributed by atoms with E-state index in [1.807, 2.05) is 34.6 Å². The number of rotatable bonds is 6. The Morgan fingerprint density at radius 3 is 2.22 bits per heavy atom. The molecule has 2 fully saturated rings. The van der Waals surface area contributed by atoms with Gasteiger partial charge >= 0.3 is 7.12 Å². The van der Waals surface area contributed by atoms with Crippen LogP contribution >= 0.6 is 11.6 Å². The van der Waals surface area contributed by atoms with Crippen LogP contribution in [0.15, 0.2) is 53.4 Å². The van der Waals surface area contributed by atoms with E-state index in [0.717, 1.165) is 12.8 Å². The zero-order valence-corrected chi connectivity index (χ0v) is 22.7. The Balaban J connectivity index is 1.64. The van der Waals surface area contributed by atoms with E-state index in [1.54, 1.807) is 48.5 Å². The molecule has 1 aliphatic heterocycles. The van der Waals surface area contributed by atoms with Gasteiger partial charge in [0.05, 0.1) is 33.9 Å². The molecule has 0 unspecified atom stereocenters. The molecule has 0 bridgehead atoms. The molecule has 1 amide bonds. The van der Waals surface area contributed by atoms with Crippen LogP contribution in [0.2, 0.25) is 5.02 Å². The van der Waals surface area contributed by atoms with Crippen LogP contribution in [-0.4, -0.2) is 36.6 Å². The first-order chi connectivity index (χ1) is 16.8. The Morgan fingerprint density at radius 1 is 1.03 bits per heavy atom. The van der Waals surface area contributed by atoms with Crippen LogP contribution in [0.4, 0.5) is 0 Å². The van der Waals surface area contributed by atoms with Crippen molar-refractivity contribution in [2.24, 2.45) is 5.41 Å². The lowest BCUT2D eigenvalue weighted by atomic mass is 9.78. The number of carbonyl (C=O) groups excluding carboxylic acids is 1. The zero-order chi connectivity index (χ0) is 26.1. The van der Waals surface area contributed by atoms with E-state index >= 15 is 0 Å². The summed E-state index contributed by atoms with van der Waals surface area (Å²) in [7, 11) is -4.74. The summed E-state index contributed by atoms with van der Waals surface area (Å²) in [5.41, 5.74) is -0.109. The van der Waals surface area contributed by atoms with E-state index in [9.17, 15) is 13.2 Å². The number of nitrogens with one attached hydrogen (secondary N) is 1. The van der Waals surface area contributed by atoms with Gasteiger partial charge in [0, 0.05) is 21.3 Å². The van der Waals surface area contributed by atoms with E-state index in [4.69, 9.17) is 20.9 Å². The molecule has 2 aromatic carbocycles. The second-order valence-corrected chi connectivity index (χ2v) is 13.2. The lowest BCUT2D eigenvalue weighted by molar-refractivity contribution is -0.125. The van der Waals surface area contributed by atoms with Crippen molar-refractivity contribution < 1.29 is 22.5 Å². The minimum atomic E-state index is -3.98. The number of fused-ring (bicyclic) bond motifs is 1. The molecule has 36 heavy (non-hydrogen) atoms. The second-order valence-electron chi connectivity index (χ2n) is 11.0. The van der Waals surface area contributed by atoms with Gasteiger partial charge in [0.2, 0.25) is 5.91 Å². The Kier molecular flexibility index (Phi) is 5.87. The molecule has 10 heteroatoms. The first-order valence-electron chi connectivity index (χ1n) is 12.0. The lowest BCUT2D eigenvalue weighted by Crippen LogP contribution is -2.41. The van der Waals surface area contributed by atoms with E-state index in [0.29, 0.717) is 27.1 Å². The van der Waals surface area contributed by atoms with Crippen LogP contribution in [0.3, 0.4) is 0 Å². The zero-order valence-electron chi connectivity index (χ0n) is 21.1. The van der Waals surface area contributed by atoms with Crippen LogP contribution in [0.5, 0.6) is 0 Å². The summed E-state index contributed by atoms with van der Waals surface area (Å²) in [6.45, 7) is 9.77. The smallest absolute Gasteiger partial charge is 0.399 e. The van der Waals surface area contributed by atoms with Crippen molar-refractivity contribution >= 4 is 51.0 Å². The Morgan fingerprint density at radius 2 is 1.64 bits per heavy atom. The fourth-order valence-corrected chi connectivity index (χ4v) is 6.15. The highest BCUT2D eigenvalue weighted by Gasteiger charge is 2.52. The summed E-state index contributed by atoms with van der Waals surface area (Å²) in [5, 5.41) is 3.98. The van der Waals surface area contributed by atoms with Gasteiger partial charge in [-0.2, -0.15) is 0 Å². The third-order valence-electron chi connectivity index (χ3n) is 7.71. The molecular formula is C26H30BClN2O5S. The maximum Gasteiger partial charge on any atom is 0.496 e. The van der Waals surface area contributed by atoms with Gasteiger partial charge < -0.3 is 14.6 Å². The summed E-state index contributed by atoms with van der Waals surface area (Å²) in [6.07, 6.45) is 1.66. The van der Waals surface area contributed by atoms with Crippen LogP contribution in [-0.2, 0) is 30.7 Å². The minimum absolute atomic E-state index is 0.0681. The van der Waals surface area contributed by atoms with Crippen LogP contribution in [0.1, 0.15) is 53.2 Å². The summed E-state index contributed by atoms with van der Waals surface area (Å²) < 4.78 is 41.4. The standard InChI is InChI=1S/C26H30BClN2O5S/c1-24(2)25(3,4)35-27(34-24)20-15-22-17(14-21(20)28)13-18(16-29-23(31)26(5)11-12-26)30(22)36(32,33)19-9-7-6-8-10-19/h6-10,13-15H,11-12,16H2,1-5H3,(H,29,31). The van der Waals surface area contributed by atoms with Crippen molar-refractivity contribution in [1.82, 2.24) is 9.29 Å². The molecule has 1 N–H and O–H groups in total. The first kappa shape index (κ1) is 25.3. The van der Waals surface area contributed by atoms with E-state index < -0.39 is 28.3 Å². The SMILES string of the molecule is CC1(C(=O)NCc2cc3cc(Cl)c(B4OC(C)(C)C(C)(C)O4)cc3n2S(=O)(=O)c2ccccc2)CC1. The molecule has 0 radical (unpaired) electrons. The van der Waals surface area contributed by atoms with Crippen LogP contribution < -0.4 is 10.8 Å². The number of hydrogen-bond acceptors (Lipinski definition) is 5. The molecule has 0 spiro atoms. The van der Waals surface area contributed by atoms with Gasteiger partial charge in [-0.3, -0.25) is 4.79 Å². The third-order valence-corrected chi connectivity index (χ3v) is 9.82. The molecule has 2 heterocycles. The molecule has 1 aromatic heterocycles. The summed E-state index contributed by atoms with van der Waals surface area (Å²) in [4.78, 5) is 12.8. The van der Waals surface area contributed by atoms with Gasteiger partial charge in [0.25, 0.3) is 10.0 Å². The van der Waals surface area contributed by atoms with Gasteiger partial charge in [-0.25, -0.2) is 12.4 Å². The fourth-order valence-electron chi connectivity index (χ4n) is 4.33. The summed E-state index contributed by atoms with van der Waals surface area (Å²) in [6, 6.07) is 13.4. The fraction of sp³-hybridized carbons (Fsp3) is 0.423. The van der Waals surface area contributed by atoms with Crippen LogP contribution in [0, 0.1) is 5.41 Å². The molecule has 0 atom stereocenters. The van der Waals surface area contributed by atoms with Crippen molar-refractivity contribution in [3.63, 3.8) is 0 Å². The maximum absolute atomic E-state index is 13.9. The Bertz CT molecular complexity index is 1450. The highest BCUT2D eigenvalue weighted by Crippen LogP contribution is 2.45. The van der Waals surface area contributed by atoms with Gasteiger partial charge in [0.1, 0.15) is 0 Å². The van der Waals surface area contributed by atoms with E-state index in [-0.39, 0.29) is 22.8 Å². The molecule has 2 aliphatic rings. The second kappa shape index (κ2) is 8.35. The van der Waals surface area contributed by atoms with Crippen molar-refractivity contribution in [3.05, 3.63) is 59.2 Å². The molecule has 7 nitrogen and oxygen atoms in total. The number of amides is 1. The highest BCUT2D eigenvalue weighted by atomic mass is 35.5. The highest BCUT2D eigenvalue weighted by molar-refractivity contribution is 7.90. The molecule has 190 valence electrons. The number of benzene rings is 2. The molecular weight excluding hydrogens is 499 g/mol. The molecule has 1 saturated carbocycles.